The number of aromatic nitrogens is 4. The smallest absolute Gasteiger partial charge is 0.349 e. The summed E-state index contributed by atoms with van der Waals surface area (Å²) >= 11 is 0. The van der Waals surface area contributed by atoms with E-state index in [9.17, 15) is 23.6 Å². The van der Waals surface area contributed by atoms with Gasteiger partial charge in [0.25, 0.3) is 11.5 Å². The maximum absolute atomic E-state index is 13.4. The summed E-state index contributed by atoms with van der Waals surface area (Å²) in [6.07, 6.45) is 3.99. The Balaban J connectivity index is 1.53. The zero-order chi connectivity index (χ0) is 24.7. The van der Waals surface area contributed by atoms with Crippen LogP contribution in [0.25, 0.3) is 16.7 Å². The summed E-state index contributed by atoms with van der Waals surface area (Å²) in [5, 5.41) is 9.93. The Bertz CT molecular complexity index is 1600. The van der Waals surface area contributed by atoms with Crippen LogP contribution in [0.4, 0.5) is 10.1 Å². The summed E-state index contributed by atoms with van der Waals surface area (Å²) < 4.78 is 16.7. The highest BCUT2D eigenvalue weighted by molar-refractivity contribution is 5.98. The number of nitrogens with zero attached hydrogens (tertiary/aromatic N) is 4. The van der Waals surface area contributed by atoms with Crippen molar-refractivity contribution >= 4 is 34.2 Å². The van der Waals surface area contributed by atoms with Gasteiger partial charge in [0.15, 0.2) is 0 Å². The summed E-state index contributed by atoms with van der Waals surface area (Å²) in [6, 6.07) is 10.0. The predicted molar refractivity (Wildman–Crippen MR) is 127 cm³/mol. The summed E-state index contributed by atoms with van der Waals surface area (Å²) in [5.41, 5.74) is -0.256. The molecule has 0 unspecified atom stereocenters. The first-order valence-corrected chi connectivity index (χ1v) is 11.3. The maximum Gasteiger partial charge on any atom is 0.352 e. The minimum Gasteiger partial charge on any atom is -0.349 e. The van der Waals surface area contributed by atoms with E-state index in [1.807, 2.05) is 0 Å². The highest BCUT2D eigenvalue weighted by Gasteiger charge is 2.21. The van der Waals surface area contributed by atoms with E-state index in [0.717, 1.165) is 36.4 Å². The Kier molecular flexibility index (Phi) is 5.67. The SMILES string of the molecule is Cn1c(=O)c2ccc(C(=O)NC3CCCC3)cc2n2c(=O)n(CC(=O)Nc3cccc(F)c3)nc12. The fourth-order valence-electron chi connectivity index (χ4n) is 4.48. The third-order valence-electron chi connectivity index (χ3n) is 6.25. The number of carbonyl (C=O) groups excluding carboxylic acids is 2. The maximum atomic E-state index is 13.4. The fourth-order valence-corrected chi connectivity index (χ4v) is 4.48. The minimum absolute atomic E-state index is 0.0272. The van der Waals surface area contributed by atoms with E-state index in [4.69, 9.17) is 0 Å². The molecule has 4 aromatic rings. The highest BCUT2D eigenvalue weighted by atomic mass is 19.1. The number of rotatable bonds is 5. The van der Waals surface area contributed by atoms with Gasteiger partial charge in [-0.15, -0.1) is 5.10 Å². The van der Waals surface area contributed by atoms with E-state index in [2.05, 4.69) is 15.7 Å². The van der Waals surface area contributed by atoms with Gasteiger partial charge in [0.2, 0.25) is 11.7 Å². The second-order valence-corrected chi connectivity index (χ2v) is 8.69. The molecule has 5 rings (SSSR count). The summed E-state index contributed by atoms with van der Waals surface area (Å²) in [5.74, 6) is -1.35. The molecule has 2 heterocycles. The van der Waals surface area contributed by atoms with E-state index < -0.39 is 29.5 Å². The molecule has 0 spiro atoms. The molecule has 0 radical (unpaired) electrons. The number of nitrogens with one attached hydrogen (secondary N) is 2. The van der Waals surface area contributed by atoms with Crippen LogP contribution in [0.2, 0.25) is 0 Å². The van der Waals surface area contributed by atoms with Gasteiger partial charge in [-0.2, -0.15) is 0 Å². The highest BCUT2D eigenvalue weighted by Crippen LogP contribution is 2.19. The van der Waals surface area contributed by atoms with Crippen LogP contribution in [0.3, 0.4) is 0 Å². The molecule has 1 aliphatic rings. The third kappa shape index (κ3) is 4.20. The molecule has 10 nitrogen and oxygen atoms in total. The summed E-state index contributed by atoms with van der Waals surface area (Å²) in [6.45, 7) is -0.450. The third-order valence-corrected chi connectivity index (χ3v) is 6.25. The van der Waals surface area contributed by atoms with Crippen LogP contribution in [0.1, 0.15) is 36.0 Å². The molecular weight excluding hydrogens is 455 g/mol. The molecule has 2 aromatic heterocycles. The first kappa shape index (κ1) is 22.5. The molecule has 35 heavy (non-hydrogen) atoms. The normalized spacial score (nSPS) is 14.0. The zero-order valence-electron chi connectivity index (χ0n) is 19.0. The monoisotopic (exact) mass is 478 g/mol. The van der Waals surface area contributed by atoms with Crippen LogP contribution in [-0.2, 0) is 18.4 Å². The van der Waals surface area contributed by atoms with Gasteiger partial charge in [0.1, 0.15) is 12.4 Å². The van der Waals surface area contributed by atoms with Gasteiger partial charge in [-0.25, -0.2) is 18.3 Å². The first-order chi connectivity index (χ1) is 16.8. The van der Waals surface area contributed by atoms with Gasteiger partial charge < -0.3 is 10.6 Å². The molecule has 0 aliphatic heterocycles. The second kappa shape index (κ2) is 8.82. The van der Waals surface area contributed by atoms with Crippen LogP contribution in [0.15, 0.2) is 52.1 Å². The van der Waals surface area contributed by atoms with Crippen molar-refractivity contribution in [2.24, 2.45) is 7.05 Å². The molecule has 2 amide bonds. The van der Waals surface area contributed by atoms with Crippen LogP contribution in [-0.4, -0.2) is 36.6 Å². The molecule has 180 valence electrons. The number of benzene rings is 2. The Morgan fingerprint density at radius 2 is 1.89 bits per heavy atom. The van der Waals surface area contributed by atoms with Crippen LogP contribution >= 0.6 is 0 Å². The molecule has 1 saturated carbocycles. The molecule has 11 heteroatoms. The zero-order valence-corrected chi connectivity index (χ0v) is 19.0. The predicted octanol–water partition coefficient (Wildman–Crippen LogP) is 1.80. The van der Waals surface area contributed by atoms with Crippen molar-refractivity contribution in [2.45, 2.75) is 38.3 Å². The fraction of sp³-hybridized carbons (Fsp3) is 0.292. The van der Waals surface area contributed by atoms with E-state index in [0.29, 0.717) is 5.56 Å². The van der Waals surface area contributed by atoms with Gasteiger partial charge in [0.05, 0.1) is 10.9 Å². The van der Waals surface area contributed by atoms with Crippen molar-refractivity contribution in [2.75, 3.05) is 5.32 Å². The second-order valence-electron chi connectivity index (χ2n) is 8.69. The van der Waals surface area contributed by atoms with Crippen molar-refractivity contribution in [3.63, 3.8) is 0 Å². The van der Waals surface area contributed by atoms with E-state index >= 15 is 0 Å². The number of hydrogen-bond acceptors (Lipinski definition) is 5. The number of halogens is 1. The van der Waals surface area contributed by atoms with Crippen LogP contribution in [0.5, 0.6) is 0 Å². The van der Waals surface area contributed by atoms with E-state index in [1.54, 1.807) is 6.07 Å². The Hall–Kier alpha value is -4.28. The standard InChI is InChI=1S/C24H23FN6O4/c1-29-22(34)18-10-9-14(21(33)27-16-6-2-3-7-16)11-19(18)31-23(29)28-30(24(31)35)13-20(32)26-17-8-4-5-15(25)12-17/h4-5,8-12,16H,2-3,6-7,13H2,1H3,(H,26,32)(H,27,33). The lowest BCUT2D eigenvalue weighted by Gasteiger charge is -2.12. The van der Waals surface area contributed by atoms with Crippen molar-refractivity contribution in [1.29, 1.82) is 0 Å². The minimum atomic E-state index is -0.650. The number of aryl methyl sites for hydroxylation is 1. The van der Waals surface area contributed by atoms with E-state index in [1.165, 1.54) is 46.3 Å². The lowest BCUT2D eigenvalue weighted by molar-refractivity contribution is -0.117. The average molecular weight is 478 g/mol. The number of fused-ring (bicyclic) bond motifs is 3. The van der Waals surface area contributed by atoms with Gasteiger partial charge in [-0.05, 0) is 49.2 Å². The quantitative estimate of drug-likeness (QED) is 0.453. The van der Waals surface area contributed by atoms with Crippen LogP contribution < -0.4 is 21.9 Å². The molecule has 2 aromatic carbocycles. The molecule has 0 atom stereocenters. The number of amides is 2. The Labute approximate surface area is 198 Å². The van der Waals surface area contributed by atoms with Gasteiger partial charge in [0, 0.05) is 24.3 Å². The molecular formula is C24H23FN6O4. The van der Waals surface area contributed by atoms with Crippen molar-refractivity contribution in [3.8, 4) is 0 Å². The topological polar surface area (TPSA) is 120 Å². The summed E-state index contributed by atoms with van der Waals surface area (Å²) in [4.78, 5) is 51.4. The average Bonchev–Trinajstić information content (AvgIpc) is 3.45. The van der Waals surface area contributed by atoms with E-state index in [-0.39, 0.29) is 34.3 Å². The molecule has 0 saturated heterocycles. The lowest BCUT2D eigenvalue weighted by atomic mass is 10.1. The van der Waals surface area contributed by atoms with Crippen molar-refractivity contribution in [3.05, 3.63) is 74.7 Å². The number of anilines is 1. The largest absolute Gasteiger partial charge is 0.352 e. The number of hydrogen-bond donors (Lipinski definition) is 2. The van der Waals surface area contributed by atoms with Gasteiger partial charge >= 0.3 is 5.69 Å². The Morgan fingerprint density at radius 3 is 2.63 bits per heavy atom. The van der Waals surface area contributed by atoms with Crippen molar-refractivity contribution < 1.29 is 14.0 Å². The molecule has 1 aliphatic carbocycles. The van der Waals surface area contributed by atoms with Gasteiger partial charge in [-0.1, -0.05) is 18.9 Å². The molecule has 1 fully saturated rings. The summed E-state index contributed by atoms with van der Waals surface area (Å²) in [7, 11) is 1.47. The first-order valence-electron chi connectivity index (χ1n) is 11.3. The molecule has 0 bridgehead atoms. The number of carbonyl (C=O) groups is 2. The van der Waals surface area contributed by atoms with Crippen molar-refractivity contribution in [1.82, 2.24) is 24.1 Å². The molecule has 2 N–H and O–H groups in total. The van der Waals surface area contributed by atoms with Crippen LogP contribution in [0, 0.1) is 5.82 Å². The van der Waals surface area contributed by atoms with Gasteiger partial charge in [-0.3, -0.25) is 19.0 Å². The lowest BCUT2D eigenvalue weighted by Crippen LogP contribution is -2.32. The Morgan fingerprint density at radius 1 is 1.11 bits per heavy atom.